The first-order valence-corrected chi connectivity index (χ1v) is 14.9. The molecule has 0 aromatic heterocycles. The number of sulfonamides is 1. The van der Waals surface area contributed by atoms with Crippen LogP contribution in [0.25, 0.3) is 0 Å². The molecule has 4 rings (SSSR count). The number of aryl methyl sites for hydroxylation is 1. The maximum atomic E-state index is 13.6. The fraction of sp³-hybridized carbons (Fsp3) is 0.138. The molecule has 0 heterocycles. The van der Waals surface area contributed by atoms with E-state index in [2.05, 4.69) is 9.71 Å². The average Bonchev–Trinajstić information content (AvgIpc) is 2.94. The number of benzene rings is 4. The van der Waals surface area contributed by atoms with Crippen LogP contribution in [0.2, 0.25) is 0 Å². The van der Waals surface area contributed by atoms with Gasteiger partial charge in [-0.1, -0.05) is 30.3 Å². The van der Waals surface area contributed by atoms with Crippen LogP contribution in [0.4, 0.5) is 5.69 Å². The molecule has 0 radical (unpaired) electrons. The van der Waals surface area contributed by atoms with Gasteiger partial charge in [-0.3, -0.25) is 0 Å². The number of sulfone groups is 1. The van der Waals surface area contributed by atoms with E-state index in [4.69, 9.17) is 9.47 Å². The molecular formula is C29H28N2O7S2. The second-order valence-electron chi connectivity index (χ2n) is 8.80. The number of phenols is 1. The van der Waals surface area contributed by atoms with Crippen LogP contribution in [0, 0.1) is 13.8 Å². The molecular weight excluding hydrogens is 552 g/mol. The Morgan fingerprint density at radius 3 is 1.82 bits per heavy atom. The summed E-state index contributed by atoms with van der Waals surface area (Å²) in [5, 5.41) is 13.8. The standard InChI is InChI=1S/C29H28N2O7S2/c1-19-18-26(32)28(39(33,34)24-14-10-22(37-3)11-15-24)20(2)27(19)30-29(21-8-6-5-7-9-21)31-40(35,36)25-16-12-23(38-4)13-17-25/h5-18,32H,1-4H3,(H,30,31). The largest absolute Gasteiger partial charge is 0.507 e. The van der Waals surface area contributed by atoms with Gasteiger partial charge in [-0.25, -0.2) is 8.42 Å². The molecule has 4 aromatic rings. The number of rotatable bonds is 8. The second-order valence-corrected chi connectivity index (χ2v) is 12.3. The summed E-state index contributed by atoms with van der Waals surface area (Å²) in [4.78, 5) is -0.401. The van der Waals surface area contributed by atoms with E-state index in [1.807, 2.05) is 0 Å². The van der Waals surface area contributed by atoms with E-state index in [1.54, 1.807) is 37.3 Å². The molecule has 0 spiro atoms. The number of nitrogens with zero attached hydrogens (tertiary/aromatic N) is 1. The molecule has 40 heavy (non-hydrogen) atoms. The Hall–Kier alpha value is -4.35. The number of ether oxygens (including phenoxy) is 2. The predicted octanol–water partition coefficient (Wildman–Crippen LogP) is 5.11. The van der Waals surface area contributed by atoms with Crippen molar-refractivity contribution in [1.29, 1.82) is 0 Å². The highest BCUT2D eigenvalue weighted by Gasteiger charge is 2.27. The van der Waals surface area contributed by atoms with Crippen molar-refractivity contribution < 1.29 is 31.4 Å². The first-order valence-electron chi connectivity index (χ1n) is 12.0. The highest BCUT2D eigenvalue weighted by Crippen LogP contribution is 2.38. The average molecular weight is 581 g/mol. The summed E-state index contributed by atoms with van der Waals surface area (Å²) in [6.45, 7) is 3.20. The summed E-state index contributed by atoms with van der Waals surface area (Å²) < 4.78 is 68.1. The van der Waals surface area contributed by atoms with Crippen LogP contribution in [0.15, 0.2) is 104 Å². The summed E-state index contributed by atoms with van der Waals surface area (Å²) in [7, 11) is -5.40. The van der Waals surface area contributed by atoms with Gasteiger partial charge in [0.1, 0.15) is 22.1 Å². The Morgan fingerprint density at radius 2 is 1.30 bits per heavy atom. The first-order chi connectivity index (χ1) is 19.0. The molecule has 0 aliphatic heterocycles. The molecule has 0 unspecified atom stereocenters. The minimum absolute atomic E-state index is 0.0268. The molecule has 0 aliphatic rings. The summed E-state index contributed by atoms with van der Waals surface area (Å²) >= 11 is 0. The third kappa shape index (κ3) is 5.80. The fourth-order valence-corrected chi connectivity index (χ4v) is 6.68. The lowest BCUT2D eigenvalue weighted by atomic mass is 10.1. The van der Waals surface area contributed by atoms with Gasteiger partial charge in [0, 0.05) is 11.3 Å². The topological polar surface area (TPSA) is 131 Å². The van der Waals surface area contributed by atoms with Gasteiger partial charge in [0.15, 0.2) is 5.84 Å². The van der Waals surface area contributed by atoms with Gasteiger partial charge < -0.3 is 19.9 Å². The maximum absolute atomic E-state index is 13.6. The lowest BCUT2D eigenvalue weighted by Crippen LogP contribution is -2.19. The monoisotopic (exact) mass is 580 g/mol. The Kier molecular flexibility index (Phi) is 8.17. The number of hydrogen-bond acceptors (Lipinski definition) is 7. The molecule has 0 saturated carbocycles. The number of nitrogens with one attached hydrogen (secondary N) is 1. The minimum atomic E-state index is -4.18. The number of phenolic OH excluding ortho intramolecular Hbond substituents is 1. The summed E-state index contributed by atoms with van der Waals surface area (Å²) in [6, 6.07) is 21.5. The van der Waals surface area contributed by atoms with Crippen LogP contribution in [-0.4, -0.2) is 42.0 Å². The quantitative estimate of drug-likeness (QED) is 0.167. The Labute approximate surface area is 233 Å². The molecule has 208 valence electrons. The smallest absolute Gasteiger partial charge is 0.284 e. The summed E-state index contributed by atoms with van der Waals surface area (Å²) in [5.41, 5.74) is 1.41. The first kappa shape index (κ1) is 28.7. The van der Waals surface area contributed by atoms with Crippen molar-refractivity contribution >= 4 is 31.4 Å². The van der Waals surface area contributed by atoms with E-state index in [1.165, 1.54) is 75.7 Å². The van der Waals surface area contributed by atoms with Crippen LogP contribution in [0.1, 0.15) is 16.7 Å². The molecule has 11 heteroatoms. The zero-order valence-corrected chi connectivity index (χ0v) is 23.9. The maximum Gasteiger partial charge on any atom is 0.284 e. The van der Waals surface area contributed by atoms with Crippen LogP contribution in [0.5, 0.6) is 17.2 Å². The highest BCUT2D eigenvalue weighted by atomic mass is 32.2. The van der Waals surface area contributed by atoms with E-state index in [0.29, 0.717) is 22.6 Å². The van der Waals surface area contributed by atoms with Crippen molar-refractivity contribution in [3.05, 3.63) is 102 Å². The van der Waals surface area contributed by atoms with Gasteiger partial charge in [-0.2, -0.15) is 8.42 Å². The molecule has 0 bridgehead atoms. The normalized spacial score (nSPS) is 12.2. The van der Waals surface area contributed by atoms with E-state index < -0.39 is 25.6 Å². The van der Waals surface area contributed by atoms with Gasteiger partial charge in [0.05, 0.1) is 24.0 Å². The lowest BCUT2D eigenvalue weighted by Gasteiger charge is -2.19. The Morgan fingerprint density at radius 1 is 0.775 bits per heavy atom. The zero-order chi connectivity index (χ0) is 29.1. The van der Waals surface area contributed by atoms with Crippen LogP contribution in [-0.2, 0) is 19.9 Å². The van der Waals surface area contributed by atoms with Crippen LogP contribution < -0.4 is 14.8 Å². The van der Waals surface area contributed by atoms with Gasteiger partial charge in [-0.05, 0) is 79.6 Å². The van der Waals surface area contributed by atoms with E-state index in [-0.39, 0.29) is 31.8 Å². The molecule has 2 N–H and O–H groups in total. The van der Waals surface area contributed by atoms with Crippen molar-refractivity contribution in [2.24, 2.45) is 4.40 Å². The van der Waals surface area contributed by atoms with Gasteiger partial charge in [0.2, 0.25) is 9.84 Å². The Bertz CT molecular complexity index is 1770. The predicted molar refractivity (Wildman–Crippen MR) is 153 cm³/mol. The van der Waals surface area contributed by atoms with Crippen molar-refractivity contribution in [1.82, 2.24) is 0 Å². The van der Waals surface area contributed by atoms with Gasteiger partial charge in [0.25, 0.3) is 10.0 Å². The SMILES string of the molecule is COc1ccc(S(=O)(=O)N=C(Nc2c(C)cc(O)c(S(=O)(=O)c3ccc(OC)cc3)c2C)c2ccccc2)cc1. The lowest BCUT2D eigenvalue weighted by molar-refractivity contribution is 0.414. The Balaban J connectivity index is 1.85. The number of hydrogen-bond donors (Lipinski definition) is 2. The number of aromatic hydroxyl groups is 1. The number of anilines is 1. The third-order valence-electron chi connectivity index (χ3n) is 6.19. The number of amidine groups is 1. The zero-order valence-electron chi connectivity index (χ0n) is 22.2. The van der Waals surface area contributed by atoms with Crippen LogP contribution >= 0.6 is 0 Å². The van der Waals surface area contributed by atoms with Gasteiger partial charge >= 0.3 is 0 Å². The number of methoxy groups -OCH3 is 2. The third-order valence-corrected chi connectivity index (χ3v) is 9.43. The molecule has 0 amide bonds. The molecule has 0 aliphatic carbocycles. The highest BCUT2D eigenvalue weighted by molar-refractivity contribution is 7.91. The second kappa shape index (κ2) is 11.4. The summed E-state index contributed by atoms with van der Waals surface area (Å²) in [6.07, 6.45) is 0. The molecule has 0 atom stereocenters. The van der Waals surface area contributed by atoms with Crippen molar-refractivity contribution in [2.45, 2.75) is 28.5 Å². The summed E-state index contributed by atoms with van der Waals surface area (Å²) in [5.74, 6) is 0.514. The molecule has 0 saturated heterocycles. The van der Waals surface area contributed by atoms with Crippen molar-refractivity contribution in [3.63, 3.8) is 0 Å². The fourth-order valence-electron chi connectivity index (χ4n) is 4.13. The van der Waals surface area contributed by atoms with E-state index in [0.717, 1.165) is 0 Å². The van der Waals surface area contributed by atoms with Crippen molar-refractivity contribution in [2.75, 3.05) is 19.5 Å². The molecule has 4 aromatic carbocycles. The van der Waals surface area contributed by atoms with Gasteiger partial charge in [-0.15, -0.1) is 4.40 Å². The van der Waals surface area contributed by atoms with Crippen molar-refractivity contribution in [3.8, 4) is 17.2 Å². The molecule has 9 nitrogen and oxygen atoms in total. The molecule has 0 fully saturated rings. The van der Waals surface area contributed by atoms with Crippen LogP contribution in [0.3, 0.4) is 0 Å². The van der Waals surface area contributed by atoms with E-state index in [9.17, 15) is 21.9 Å². The minimum Gasteiger partial charge on any atom is -0.507 e. The van der Waals surface area contributed by atoms with E-state index >= 15 is 0 Å².